The number of rotatable bonds is 11. The molecule has 1 aromatic heterocycles. The minimum Gasteiger partial charge on any atom is -0.504 e. The minimum absolute atomic E-state index is 0.00330. The fourth-order valence-corrected chi connectivity index (χ4v) is 5.48. The van der Waals surface area contributed by atoms with E-state index in [9.17, 15) is 44.7 Å². The van der Waals surface area contributed by atoms with Gasteiger partial charge in [-0.3, -0.25) is 14.4 Å². The molecule has 7 N–H and O–H groups in total. The van der Waals surface area contributed by atoms with E-state index in [2.05, 4.69) is 10.6 Å². The molecule has 1 fully saturated rings. The van der Waals surface area contributed by atoms with E-state index >= 15 is 0 Å². The van der Waals surface area contributed by atoms with Crippen LogP contribution in [0.25, 0.3) is 22.3 Å². The van der Waals surface area contributed by atoms with Gasteiger partial charge in [-0.1, -0.05) is 58.0 Å². The van der Waals surface area contributed by atoms with Gasteiger partial charge in [0.25, 0.3) is 5.91 Å². The van der Waals surface area contributed by atoms with E-state index in [0.29, 0.717) is 5.56 Å². The van der Waals surface area contributed by atoms with E-state index in [0.717, 1.165) is 12.1 Å². The lowest BCUT2D eigenvalue weighted by Crippen LogP contribution is -2.64. The third kappa shape index (κ3) is 9.16. The topological polar surface area (TPSA) is 234 Å². The molecule has 0 unspecified atom stereocenters. The summed E-state index contributed by atoms with van der Waals surface area (Å²) in [5.41, 5.74) is -1.16. The van der Waals surface area contributed by atoms with Crippen LogP contribution in [0.3, 0.4) is 0 Å². The molecule has 2 heterocycles. The molecule has 15 nitrogen and oxygen atoms in total. The zero-order chi connectivity index (χ0) is 37.9. The second-order valence-electron chi connectivity index (χ2n) is 14.3. The molecule has 0 spiro atoms. The number of phenols is 2. The van der Waals surface area contributed by atoms with Gasteiger partial charge >= 0.3 is 5.97 Å². The SMILES string of the molecule is CC(C)C[C@@H](NC(=O)[C@H](NC(=O)[C@@H]1O[C@@H](Oc2cc3oc(-c4ccccc4)cc(=O)c3c(O)c2O)[C@H](O)[C@H](O)[C@@H]1O)C(C)C)C(=O)OC(C)(C)C. The van der Waals surface area contributed by atoms with Crippen molar-refractivity contribution >= 4 is 28.8 Å². The number of aromatic hydroxyl groups is 2. The zero-order valence-electron chi connectivity index (χ0n) is 29.4. The predicted molar refractivity (Wildman–Crippen MR) is 183 cm³/mol. The van der Waals surface area contributed by atoms with Gasteiger partial charge in [0.15, 0.2) is 23.0 Å². The Morgan fingerprint density at radius 3 is 2.14 bits per heavy atom. The predicted octanol–water partition coefficient (Wildman–Crippen LogP) is 2.07. The summed E-state index contributed by atoms with van der Waals surface area (Å²) in [6, 6.07) is 8.49. The molecule has 2 aromatic carbocycles. The maximum Gasteiger partial charge on any atom is 0.329 e. The van der Waals surface area contributed by atoms with Gasteiger partial charge in [-0.05, 0) is 39.0 Å². The van der Waals surface area contributed by atoms with Crippen LogP contribution in [0, 0.1) is 11.8 Å². The largest absolute Gasteiger partial charge is 0.504 e. The highest BCUT2D eigenvalue weighted by Gasteiger charge is 2.49. The Kier molecular flexibility index (Phi) is 12.0. The molecule has 1 aliphatic rings. The van der Waals surface area contributed by atoms with Gasteiger partial charge < -0.3 is 54.8 Å². The molecule has 1 saturated heterocycles. The summed E-state index contributed by atoms with van der Waals surface area (Å²) in [6.07, 6.45) is -9.61. The van der Waals surface area contributed by atoms with Crippen LogP contribution in [0.5, 0.6) is 17.2 Å². The normalized spacial score (nSPS) is 22.0. The number of esters is 1. The number of carbonyl (C=O) groups excluding carboxylic acids is 3. The first-order chi connectivity index (χ1) is 23.8. The number of phenolic OH excluding ortho intramolecular Hbond substituents is 2. The molecule has 15 heteroatoms. The molecular weight excluding hydrogens is 668 g/mol. The van der Waals surface area contributed by atoms with Crippen LogP contribution in [0.2, 0.25) is 0 Å². The Hall–Kier alpha value is -4.70. The zero-order valence-corrected chi connectivity index (χ0v) is 29.4. The molecule has 0 bridgehead atoms. The highest BCUT2D eigenvalue weighted by Crippen LogP contribution is 2.42. The lowest BCUT2D eigenvalue weighted by atomic mass is 9.96. The molecule has 3 aromatic rings. The summed E-state index contributed by atoms with van der Waals surface area (Å²) in [5, 5.41) is 58.3. The fourth-order valence-electron chi connectivity index (χ4n) is 5.48. The van der Waals surface area contributed by atoms with Crippen molar-refractivity contribution in [1.82, 2.24) is 10.6 Å². The first kappa shape index (κ1) is 39.1. The number of ether oxygens (including phenoxy) is 3. The Labute approximate surface area is 294 Å². The number of amides is 2. The fraction of sp³-hybridized carbons (Fsp3) is 0.500. The highest BCUT2D eigenvalue weighted by atomic mass is 16.7. The third-order valence-electron chi connectivity index (χ3n) is 8.02. The van der Waals surface area contributed by atoms with Crippen LogP contribution in [-0.4, -0.2) is 91.7 Å². The number of benzene rings is 2. The molecule has 0 radical (unpaired) electrons. The Morgan fingerprint density at radius 1 is 0.902 bits per heavy atom. The molecule has 0 saturated carbocycles. The summed E-state index contributed by atoms with van der Waals surface area (Å²) < 4.78 is 22.5. The van der Waals surface area contributed by atoms with Crippen LogP contribution in [-0.2, 0) is 23.9 Å². The van der Waals surface area contributed by atoms with Crippen molar-refractivity contribution in [1.29, 1.82) is 0 Å². The quantitative estimate of drug-likeness (QED) is 0.111. The lowest BCUT2D eigenvalue weighted by Gasteiger charge is -2.40. The summed E-state index contributed by atoms with van der Waals surface area (Å²) >= 11 is 0. The van der Waals surface area contributed by atoms with Gasteiger partial charge in [0.05, 0.1) is 0 Å². The minimum atomic E-state index is -2.02. The Balaban J connectivity index is 1.57. The van der Waals surface area contributed by atoms with Crippen molar-refractivity contribution in [3.8, 4) is 28.6 Å². The Bertz CT molecular complexity index is 1780. The Morgan fingerprint density at radius 2 is 1.55 bits per heavy atom. The van der Waals surface area contributed by atoms with E-state index < -0.39 is 94.8 Å². The smallest absolute Gasteiger partial charge is 0.329 e. The standard InChI is InChI=1S/C36H46N2O13/c1-16(2)13-19(34(47)51-36(5,6)7)37-32(45)25(17(3)4)38-33(46)31-29(43)28(42)30(44)35(50-31)49-23-15-22-24(27(41)26(23)40)20(39)14-21(48-22)18-11-9-8-10-12-18/h8-12,14-17,19,25,28-31,35,40-44H,13H2,1-7H3,(H,37,45)(H,38,46)/t19-,25-,28-,29+,30-,31-,35-/m1/s1. The number of nitrogens with one attached hydrogen (secondary N) is 2. The average Bonchev–Trinajstić information content (AvgIpc) is 3.04. The molecule has 1 aliphatic heterocycles. The van der Waals surface area contributed by atoms with Crippen LogP contribution in [0.4, 0.5) is 0 Å². The molecule has 7 atom stereocenters. The van der Waals surface area contributed by atoms with Gasteiger partial charge in [0.2, 0.25) is 17.9 Å². The van der Waals surface area contributed by atoms with Gasteiger partial charge in [0, 0.05) is 17.7 Å². The summed E-state index contributed by atoms with van der Waals surface area (Å²) in [5.74, 6) is -5.24. The van der Waals surface area contributed by atoms with E-state index in [-0.39, 0.29) is 29.1 Å². The average molecular weight is 715 g/mol. The maximum absolute atomic E-state index is 13.5. The molecule has 51 heavy (non-hydrogen) atoms. The summed E-state index contributed by atoms with van der Waals surface area (Å²) in [6.45, 7) is 12.1. The number of aliphatic hydroxyl groups is 3. The van der Waals surface area contributed by atoms with E-state index in [1.807, 2.05) is 13.8 Å². The number of aliphatic hydroxyl groups excluding tert-OH is 3. The van der Waals surface area contributed by atoms with Gasteiger partial charge in [-0.15, -0.1) is 0 Å². The van der Waals surface area contributed by atoms with Crippen molar-refractivity contribution in [3.05, 3.63) is 52.7 Å². The maximum atomic E-state index is 13.5. The third-order valence-corrected chi connectivity index (χ3v) is 8.02. The second kappa shape index (κ2) is 15.7. The lowest BCUT2D eigenvalue weighted by molar-refractivity contribution is -0.267. The van der Waals surface area contributed by atoms with Crippen LogP contribution in [0.1, 0.15) is 54.9 Å². The van der Waals surface area contributed by atoms with E-state index in [1.165, 1.54) is 0 Å². The highest BCUT2D eigenvalue weighted by molar-refractivity contribution is 5.92. The van der Waals surface area contributed by atoms with E-state index in [1.54, 1.807) is 65.0 Å². The van der Waals surface area contributed by atoms with Crippen LogP contribution >= 0.6 is 0 Å². The molecule has 0 aliphatic carbocycles. The van der Waals surface area contributed by atoms with Crippen molar-refractivity contribution in [2.24, 2.45) is 11.8 Å². The van der Waals surface area contributed by atoms with Gasteiger partial charge in [-0.2, -0.15) is 0 Å². The number of carbonyl (C=O) groups is 3. The van der Waals surface area contributed by atoms with Gasteiger partial charge in [-0.25, -0.2) is 4.79 Å². The second-order valence-corrected chi connectivity index (χ2v) is 14.3. The first-order valence-corrected chi connectivity index (χ1v) is 16.6. The van der Waals surface area contributed by atoms with Crippen LogP contribution < -0.4 is 20.8 Å². The summed E-state index contributed by atoms with van der Waals surface area (Å²) in [4.78, 5) is 52.8. The van der Waals surface area contributed by atoms with Crippen molar-refractivity contribution in [2.45, 2.75) is 103 Å². The van der Waals surface area contributed by atoms with Crippen molar-refractivity contribution in [3.63, 3.8) is 0 Å². The van der Waals surface area contributed by atoms with Crippen molar-refractivity contribution in [2.75, 3.05) is 0 Å². The van der Waals surface area contributed by atoms with Gasteiger partial charge in [0.1, 0.15) is 52.7 Å². The number of fused-ring (bicyclic) bond motifs is 1. The first-order valence-electron chi connectivity index (χ1n) is 16.6. The number of hydrogen-bond acceptors (Lipinski definition) is 13. The van der Waals surface area contributed by atoms with Crippen molar-refractivity contribution < 1.29 is 58.5 Å². The molecular formula is C36H46N2O13. The monoisotopic (exact) mass is 714 g/mol. The number of hydrogen-bond donors (Lipinski definition) is 7. The molecule has 278 valence electrons. The van der Waals surface area contributed by atoms with E-state index in [4.69, 9.17) is 18.6 Å². The van der Waals surface area contributed by atoms with Crippen LogP contribution in [0.15, 0.2) is 51.7 Å². The molecule has 4 rings (SSSR count). The summed E-state index contributed by atoms with van der Waals surface area (Å²) in [7, 11) is 0. The molecule has 2 amide bonds.